The first-order valence-electron chi connectivity index (χ1n) is 2.58. The molecule has 3 heteroatoms. The molecular formula is C7H4BrF2. The maximum atomic E-state index is 12.5. The number of benzene rings is 1. The largest absolute Gasteiger partial charge is 0.207 e. The molecule has 1 rings (SSSR count). The van der Waals surface area contributed by atoms with Crippen LogP contribution < -0.4 is 0 Å². The predicted molar refractivity (Wildman–Crippen MR) is 38.5 cm³/mol. The summed E-state index contributed by atoms with van der Waals surface area (Å²) in [4.78, 5) is 0. The summed E-state index contributed by atoms with van der Waals surface area (Å²) in [7, 11) is 0. The Kier molecular flexibility index (Phi) is 2.04. The van der Waals surface area contributed by atoms with E-state index in [1.807, 2.05) is 0 Å². The Labute approximate surface area is 66.0 Å². The molecule has 0 fully saturated rings. The molecule has 0 aliphatic heterocycles. The highest BCUT2D eigenvalue weighted by Crippen LogP contribution is 2.18. The highest BCUT2D eigenvalue weighted by atomic mass is 79.9. The Hall–Kier alpha value is -0.440. The zero-order valence-electron chi connectivity index (χ0n) is 5.00. The third-order valence-corrected chi connectivity index (χ3v) is 1.70. The monoisotopic (exact) mass is 205 g/mol. The number of hydrogen-bond donors (Lipinski definition) is 0. The molecule has 0 nitrogen and oxygen atoms in total. The van der Waals surface area contributed by atoms with Crippen molar-refractivity contribution in [3.63, 3.8) is 0 Å². The van der Waals surface area contributed by atoms with Crippen LogP contribution in [0.4, 0.5) is 8.78 Å². The van der Waals surface area contributed by atoms with Crippen LogP contribution in [0.25, 0.3) is 0 Å². The summed E-state index contributed by atoms with van der Waals surface area (Å²) < 4.78 is 25.1. The second kappa shape index (κ2) is 2.66. The number of hydrogen-bond acceptors (Lipinski definition) is 0. The molecule has 0 saturated carbocycles. The molecule has 0 N–H and O–H groups in total. The van der Waals surface area contributed by atoms with E-state index in [-0.39, 0.29) is 10.0 Å². The highest BCUT2D eigenvalue weighted by molar-refractivity contribution is 9.10. The van der Waals surface area contributed by atoms with E-state index in [1.165, 1.54) is 0 Å². The van der Waals surface area contributed by atoms with E-state index in [2.05, 4.69) is 22.9 Å². The van der Waals surface area contributed by atoms with E-state index in [1.54, 1.807) is 0 Å². The summed E-state index contributed by atoms with van der Waals surface area (Å²) >= 11 is 2.84. The molecule has 1 aromatic rings. The van der Waals surface area contributed by atoms with Crippen molar-refractivity contribution in [1.82, 2.24) is 0 Å². The molecule has 0 bridgehead atoms. The molecule has 0 spiro atoms. The minimum absolute atomic E-state index is 0.0701. The summed E-state index contributed by atoms with van der Waals surface area (Å²) in [5.74, 6) is -1.00. The van der Waals surface area contributed by atoms with E-state index in [9.17, 15) is 8.78 Å². The standard InChI is InChI=1S/C7H4BrF2/c1-4-2-7(10)5(8)3-6(4)9/h2-3H,1H2. The topological polar surface area (TPSA) is 0 Å². The lowest BCUT2D eigenvalue weighted by Crippen LogP contribution is -1.85. The van der Waals surface area contributed by atoms with Crippen molar-refractivity contribution in [2.24, 2.45) is 0 Å². The van der Waals surface area contributed by atoms with Crippen molar-refractivity contribution in [1.29, 1.82) is 0 Å². The molecular weight excluding hydrogens is 202 g/mol. The van der Waals surface area contributed by atoms with E-state index in [0.29, 0.717) is 0 Å². The molecule has 1 radical (unpaired) electrons. The normalized spacial score (nSPS) is 10.0. The van der Waals surface area contributed by atoms with Gasteiger partial charge in [-0.05, 0) is 40.5 Å². The molecule has 0 atom stereocenters. The molecule has 0 saturated heterocycles. The fourth-order valence-electron chi connectivity index (χ4n) is 0.564. The van der Waals surface area contributed by atoms with Crippen LogP contribution >= 0.6 is 15.9 Å². The second-order valence-corrected chi connectivity index (χ2v) is 2.71. The van der Waals surface area contributed by atoms with Crippen LogP contribution in [0.1, 0.15) is 5.56 Å². The molecule has 0 aliphatic carbocycles. The van der Waals surface area contributed by atoms with Crippen molar-refractivity contribution in [2.45, 2.75) is 0 Å². The van der Waals surface area contributed by atoms with Gasteiger partial charge in [-0.25, -0.2) is 8.78 Å². The van der Waals surface area contributed by atoms with Gasteiger partial charge >= 0.3 is 0 Å². The number of rotatable bonds is 0. The molecule has 10 heavy (non-hydrogen) atoms. The SMILES string of the molecule is [CH2]c1cc(F)c(Br)cc1F. The lowest BCUT2D eigenvalue weighted by Gasteiger charge is -1.96. The first-order chi connectivity index (χ1) is 4.61. The van der Waals surface area contributed by atoms with Gasteiger partial charge in [0.15, 0.2) is 0 Å². The average molecular weight is 206 g/mol. The van der Waals surface area contributed by atoms with Crippen molar-refractivity contribution in [3.8, 4) is 0 Å². The summed E-state index contributed by atoms with van der Waals surface area (Å²) in [6, 6.07) is 2.09. The smallest absolute Gasteiger partial charge is 0.137 e. The van der Waals surface area contributed by atoms with Crippen molar-refractivity contribution in [3.05, 3.63) is 40.7 Å². The first kappa shape index (κ1) is 7.66. The third kappa shape index (κ3) is 1.34. The molecule has 53 valence electrons. The quantitative estimate of drug-likeness (QED) is 0.572. The third-order valence-electron chi connectivity index (χ3n) is 1.09. The zero-order valence-corrected chi connectivity index (χ0v) is 6.58. The lowest BCUT2D eigenvalue weighted by molar-refractivity contribution is 0.590. The van der Waals surface area contributed by atoms with Crippen LogP contribution in [0.3, 0.4) is 0 Å². The molecule has 0 heterocycles. The molecule has 0 unspecified atom stereocenters. The Morgan fingerprint density at radius 3 is 2.30 bits per heavy atom. The lowest BCUT2D eigenvalue weighted by atomic mass is 10.2. The van der Waals surface area contributed by atoms with Gasteiger partial charge in [-0.15, -0.1) is 0 Å². The summed E-state index contributed by atoms with van der Waals surface area (Å²) in [5.41, 5.74) is 0.0701. The van der Waals surface area contributed by atoms with Crippen LogP contribution in [-0.4, -0.2) is 0 Å². The Balaban J connectivity index is 3.28. The van der Waals surface area contributed by atoms with Gasteiger partial charge in [0.25, 0.3) is 0 Å². The van der Waals surface area contributed by atoms with Crippen molar-refractivity contribution < 1.29 is 8.78 Å². The van der Waals surface area contributed by atoms with Crippen LogP contribution in [0.5, 0.6) is 0 Å². The predicted octanol–water partition coefficient (Wildman–Crippen LogP) is 2.91. The fourth-order valence-corrected chi connectivity index (χ4v) is 0.879. The van der Waals surface area contributed by atoms with Gasteiger partial charge in [0.2, 0.25) is 0 Å². The van der Waals surface area contributed by atoms with Gasteiger partial charge in [0.05, 0.1) is 4.47 Å². The highest BCUT2D eigenvalue weighted by Gasteiger charge is 2.03. The maximum absolute atomic E-state index is 12.5. The molecule has 0 amide bonds. The fraction of sp³-hybridized carbons (Fsp3) is 0. The van der Waals surface area contributed by atoms with E-state index >= 15 is 0 Å². The Morgan fingerprint density at radius 2 is 1.80 bits per heavy atom. The second-order valence-electron chi connectivity index (χ2n) is 1.86. The summed E-state index contributed by atoms with van der Waals surface area (Å²) in [6.45, 7) is 3.29. The molecule has 0 aromatic heterocycles. The Morgan fingerprint density at radius 1 is 1.20 bits per heavy atom. The Bertz CT molecular complexity index is 208. The van der Waals surface area contributed by atoms with Crippen LogP contribution in [0, 0.1) is 18.6 Å². The van der Waals surface area contributed by atoms with Crippen LogP contribution in [-0.2, 0) is 0 Å². The van der Waals surface area contributed by atoms with Gasteiger partial charge in [0, 0.05) is 0 Å². The molecule has 0 aliphatic rings. The first-order valence-corrected chi connectivity index (χ1v) is 3.37. The van der Waals surface area contributed by atoms with Gasteiger partial charge in [0.1, 0.15) is 11.6 Å². The molecule has 1 aromatic carbocycles. The van der Waals surface area contributed by atoms with Gasteiger partial charge < -0.3 is 0 Å². The minimum atomic E-state index is -0.506. The van der Waals surface area contributed by atoms with E-state index in [4.69, 9.17) is 0 Å². The average Bonchev–Trinajstić information content (AvgIpc) is 1.84. The zero-order chi connectivity index (χ0) is 7.72. The van der Waals surface area contributed by atoms with Crippen LogP contribution in [0.2, 0.25) is 0 Å². The van der Waals surface area contributed by atoms with Crippen molar-refractivity contribution >= 4 is 15.9 Å². The van der Waals surface area contributed by atoms with Crippen molar-refractivity contribution in [2.75, 3.05) is 0 Å². The summed E-state index contributed by atoms with van der Waals surface area (Å²) in [6.07, 6.45) is 0. The van der Waals surface area contributed by atoms with E-state index in [0.717, 1.165) is 12.1 Å². The van der Waals surface area contributed by atoms with E-state index < -0.39 is 11.6 Å². The van der Waals surface area contributed by atoms with Gasteiger partial charge in [-0.1, -0.05) is 0 Å². The van der Waals surface area contributed by atoms with Crippen LogP contribution in [0.15, 0.2) is 16.6 Å². The van der Waals surface area contributed by atoms with Gasteiger partial charge in [-0.3, -0.25) is 0 Å². The minimum Gasteiger partial charge on any atom is -0.207 e. The number of halogens is 3. The van der Waals surface area contributed by atoms with Gasteiger partial charge in [-0.2, -0.15) is 0 Å². The summed E-state index contributed by atoms with van der Waals surface area (Å²) in [5, 5.41) is 0. The maximum Gasteiger partial charge on any atom is 0.137 e.